The van der Waals surface area contributed by atoms with E-state index in [2.05, 4.69) is 15.3 Å². The average Bonchev–Trinajstić information content (AvgIpc) is 3.01. The van der Waals surface area contributed by atoms with E-state index in [1.54, 1.807) is 7.05 Å². The number of fused-ring (bicyclic) bond motifs is 1. The lowest BCUT2D eigenvalue weighted by Gasteiger charge is -2.34. The minimum Gasteiger partial charge on any atom is -0.468 e. The van der Waals surface area contributed by atoms with E-state index in [-0.39, 0.29) is 5.88 Å². The first kappa shape index (κ1) is 16.6. The molecule has 1 aromatic rings. The fraction of sp³-hybridized carbons (Fsp3) is 0.800. The molecule has 2 atom stereocenters. The van der Waals surface area contributed by atoms with Crippen LogP contribution in [0.1, 0.15) is 24.1 Å². The lowest BCUT2D eigenvalue weighted by Crippen LogP contribution is -2.45. The molecule has 8 heteroatoms. The molecule has 5 nitrogen and oxygen atoms in total. The van der Waals surface area contributed by atoms with Crippen LogP contribution in [0.3, 0.4) is 0 Å². The number of halogens is 3. The first-order chi connectivity index (χ1) is 10.8. The molecule has 0 aliphatic carbocycles. The molecule has 0 saturated carbocycles. The van der Waals surface area contributed by atoms with Crippen molar-refractivity contribution in [2.24, 2.45) is 13.0 Å². The van der Waals surface area contributed by atoms with Crippen molar-refractivity contribution in [2.75, 3.05) is 26.2 Å². The van der Waals surface area contributed by atoms with Crippen molar-refractivity contribution in [1.82, 2.24) is 20.0 Å². The van der Waals surface area contributed by atoms with Gasteiger partial charge < -0.3 is 10.1 Å². The standard InChI is InChI=1S/C15H23F3N4O/c1-10-12(14(21(2)20-10)23-9-15(16,17)18)7-22-6-4-11-3-5-19-13(11)8-22/h11,13,19H,3-9H2,1-2H3/t11-,13+/m0/s1. The van der Waals surface area contributed by atoms with Crippen LogP contribution in [0.2, 0.25) is 0 Å². The quantitative estimate of drug-likeness (QED) is 0.914. The van der Waals surface area contributed by atoms with Gasteiger partial charge in [0.1, 0.15) is 0 Å². The Balaban J connectivity index is 1.69. The first-order valence-electron chi connectivity index (χ1n) is 8.01. The Labute approximate surface area is 133 Å². The Morgan fingerprint density at radius 1 is 1.35 bits per heavy atom. The number of alkyl halides is 3. The molecule has 0 bridgehead atoms. The topological polar surface area (TPSA) is 42.3 Å². The van der Waals surface area contributed by atoms with Gasteiger partial charge in [-0.25, -0.2) is 4.68 Å². The molecular weight excluding hydrogens is 309 g/mol. The number of ether oxygens (including phenoxy) is 1. The van der Waals surface area contributed by atoms with Crippen LogP contribution in [0.4, 0.5) is 13.2 Å². The molecule has 23 heavy (non-hydrogen) atoms. The average molecular weight is 332 g/mol. The molecule has 1 aromatic heterocycles. The van der Waals surface area contributed by atoms with E-state index >= 15 is 0 Å². The summed E-state index contributed by atoms with van der Waals surface area (Å²) < 4.78 is 43.7. The van der Waals surface area contributed by atoms with E-state index in [1.165, 1.54) is 11.1 Å². The Hall–Kier alpha value is -1.28. The fourth-order valence-corrected chi connectivity index (χ4v) is 3.66. The number of likely N-dealkylation sites (tertiary alicyclic amines) is 1. The second-order valence-electron chi connectivity index (χ2n) is 6.53. The number of hydrogen-bond acceptors (Lipinski definition) is 4. The van der Waals surface area contributed by atoms with E-state index in [4.69, 9.17) is 4.74 Å². The van der Waals surface area contributed by atoms with Gasteiger partial charge in [-0.05, 0) is 38.8 Å². The number of rotatable bonds is 4. The highest BCUT2D eigenvalue weighted by molar-refractivity contribution is 5.31. The van der Waals surface area contributed by atoms with Crippen molar-refractivity contribution in [1.29, 1.82) is 0 Å². The first-order valence-corrected chi connectivity index (χ1v) is 8.01. The SMILES string of the molecule is Cc1nn(C)c(OCC(F)(F)F)c1CN1CC[C@@H]2CCN[C@@H]2C1. The largest absolute Gasteiger partial charge is 0.468 e. The van der Waals surface area contributed by atoms with E-state index in [1.807, 2.05) is 6.92 Å². The monoisotopic (exact) mass is 332 g/mol. The van der Waals surface area contributed by atoms with Crippen LogP contribution >= 0.6 is 0 Å². The third kappa shape index (κ3) is 3.80. The molecule has 0 spiro atoms. The highest BCUT2D eigenvalue weighted by atomic mass is 19.4. The lowest BCUT2D eigenvalue weighted by molar-refractivity contribution is -0.154. The summed E-state index contributed by atoms with van der Waals surface area (Å²) >= 11 is 0. The van der Waals surface area contributed by atoms with Gasteiger partial charge in [-0.3, -0.25) is 4.90 Å². The number of nitrogens with one attached hydrogen (secondary N) is 1. The normalized spacial score (nSPS) is 25.6. The summed E-state index contributed by atoms with van der Waals surface area (Å²) in [7, 11) is 1.62. The zero-order valence-electron chi connectivity index (χ0n) is 13.5. The fourth-order valence-electron chi connectivity index (χ4n) is 3.66. The van der Waals surface area contributed by atoms with Gasteiger partial charge >= 0.3 is 6.18 Å². The molecule has 2 fully saturated rings. The van der Waals surface area contributed by atoms with Gasteiger partial charge in [0.05, 0.1) is 11.3 Å². The third-order valence-corrected chi connectivity index (χ3v) is 4.80. The Kier molecular flexibility index (Phi) is 4.55. The Bertz CT molecular complexity index is 558. The van der Waals surface area contributed by atoms with Gasteiger partial charge in [0.25, 0.3) is 0 Å². The van der Waals surface area contributed by atoms with Crippen LogP contribution < -0.4 is 10.1 Å². The second kappa shape index (κ2) is 6.32. The zero-order valence-corrected chi connectivity index (χ0v) is 13.5. The van der Waals surface area contributed by atoms with Gasteiger partial charge in [-0.1, -0.05) is 0 Å². The van der Waals surface area contributed by atoms with E-state index in [0.717, 1.165) is 43.2 Å². The molecule has 2 saturated heterocycles. The predicted octanol–water partition coefficient (Wildman–Crippen LogP) is 1.85. The Morgan fingerprint density at radius 2 is 2.13 bits per heavy atom. The molecule has 0 amide bonds. The lowest BCUT2D eigenvalue weighted by atomic mass is 9.92. The van der Waals surface area contributed by atoms with E-state index < -0.39 is 12.8 Å². The van der Waals surface area contributed by atoms with Crippen LogP contribution in [0, 0.1) is 12.8 Å². The van der Waals surface area contributed by atoms with E-state index in [0.29, 0.717) is 12.6 Å². The highest BCUT2D eigenvalue weighted by Gasteiger charge is 2.34. The molecule has 3 rings (SSSR count). The number of hydrogen-bond donors (Lipinski definition) is 1. The molecule has 0 unspecified atom stereocenters. The molecule has 0 radical (unpaired) electrons. The third-order valence-electron chi connectivity index (χ3n) is 4.80. The van der Waals surface area contributed by atoms with Crippen LogP contribution in [-0.4, -0.2) is 53.1 Å². The van der Waals surface area contributed by atoms with Crippen LogP contribution in [0.25, 0.3) is 0 Å². The molecular formula is C15H23F3N4O. The van der Waals surface area contributed by atoms with E-state index in [9.17, 15) is 13.2 Å². The summed E-state index contributed by atoms with van der Waals surface area (Å²) in [6, 6.07) is 0.500. The molecule has 3 heterocycles. The van der Waals surface area contributed by atoms with Crippen molar-refractivity contribution >= 4 is 0 Å². The summed E-state index contributed by atoms with van der Waals surface area (Å²) in [4.78, 5) is 2.28. The van der Waals surface area contributed by atoms with Crippen molar-refractivity contribution in [3.05, 3.63) is 11.3 Å². The number of aryl methyl sites for hydroxylation is 2. The van der Waals surface area contributed by atoms with Crippen molar-refractivity contribution in [3.8, 4) is 5.88 Å². The Morgan fingerprint density at radius 3 is 2.87 bits per heavy atom. The molecule has 1 N–H and O–H groups in total. The minimum absolute atomic E-state index is 0.223. The smallest absolute Gasteiger partial charge is 0.422 e. The maximum absolute atomic E-state index is 12.4. The van der Waals surface area contributed by atoms with Gasteiger partial charge in [-0.2, -0.15) is 18.3 Å². The van der Waals surface area contributed by atoms with Gasteiger partial charge in [0.15, 0.2) is 6.61 Å². The maximum atomic E-state index is 12.4. The molecule has 2 aliphatic heterocycles. The molecule has 0 aromatic carbocycles. The summed E-state index contributed by atoms with van der Waals surface area (Å²) in [5, 5.41) is 7.74. The minimum atomic E-state index is -4.35. The zero-order chi connectivity index (χ0) is 16.6. The summed E-state index contributed by atoms with van der Waals surface area (Å²) in [5.41, 5.74) is 1.49. The van der Waals surface area contributed by atoms with Gasteiger partial charge in [-0.15, -0.1) is 0 Å². The van der Waals surface area contributed by atoms with Crippen molar-refractivity contribution in [3.63, 3.8) is 0 Å². The molecule has 2 aliphatic rings. The number of aromatic nitrogens is 2. The predicted molar refractivity (Wildman–Crippen MR) is 79.3 cm³/mol. The van der Waals surface area contributed by atoms with Gasteiger partial charge in [0.2, 0.25) is 5.88 Å². The maximum Gasteiger partial charge on any atom is 0.422 e. The summed E-state index contributed by atoms with van der Waals surface area (Å²) in [5.74, 6) is 0.962. The highest BCUT2D eigenvalue weighted by Crippen LogP contribution is 2.29. The number of piperidine rings is 1. The van der Waals surface area contributed by atoms with Crippen LogP contribution in [0.5, 0.6) is 5.88 Å². The van der Waals surface area contributed by atoms with Crippen LogP contribution in [0.15, 0.2) is 0 Å². The van der Waals surface area contributed by atoms with Gasteiger partial charge in [0, 0.05) is 26.2 Å². The summed E-state index contributed by atoms with van der Waals surface area (Å²) in [6.45, 7) is 4.07. The summed E-state index contributed by atoms with van der Waals surface area (Å²) in [6.07, 6.45) is -1.98. The number of nitrogens with zero attached hydrogens (tertiary/aromatic N) is 3. The van der Waals surface area contributed by atoms with Crippen LogP contribution in [-0.2, 0) is 13.6 Å². The second-order valence-corrected chi connectivity index (χ2v) is 6.53. The van der Waals surface area contributed by atoms with Crippen molar-refractivity contribution in [2.45, 2.75) is 38.5 Å². The molecule has 130 valence electrons. The van der Waals surface area contributed by atoms with Crippen molar-refractivity contribution < 1.29 is 17.9 Å².